The predicted molar refractivity (Wildman–Crippen MR) is 68.1 cm³/mol. The van der Waals surface area contributed by atoms with E-state index in [2.05, 4.69) is 10.6 Å². The van der Waals surface area contributed by atoms with Gasteiger partial charge in [0, 0.05) is 0 Å². The number of carboxylic acids is 1. The van der Waals surface area contributed by atoms with Gasteiger partial charge in [-0.15, -0.1) is 0 Å². The monoisotopic (exact) mass is 291 g/mol. The van der Waals surface area contributed by atoms with Gasteiger partial charge >= 0.3 is 6.03 Å². The number of rotatable bonds is 5. The lowest BCUT2D eigenvalue weighted by Crippen LogP contribution is -2.29. The molecule has 1 heterocycles. The first-order valence-electron chi connectivity index (χ1n) is 5.84. The van der Waals surface area contributed by atoms with Crippen molar-refractivity contribution in [1.29, 1.82) is 0 Å². The normalized spacial score (nSPS) is 15.6. The zero-order valence-corrected chi connectivity index (χ0v) is 11.0. The molecule has 0 atom stereocenters. The Balaban J connectivity index is 2.23. The number of amides is 3. The molecular weight excluding hydrogens is 280 g/mol. The zero-order chi connectivity index (χ0) is 15.4. The van der Waals surface area contributed by atoms with E-state index in [0.717, 1.165) is 0 Å². The molecule has 0 saturated carbocycles. The van der Waals surface area contributed by atoms with E-state index in [1.165, 1.54) is 25.3 Å². The van der Waals surface area contributed by atoms with Gasteiger partial charge in [-0.3, -0.25) is 10.1 Å². The van der Waals surface area contributed by atoms with Crippen LogP contribution in [0.25, 0.3) is 6.08 Å². The smallest absolute Gasteiger partial charge is 0.326 e. The van der Waals surface area contributed by atoms with Crippen molar-refractivity contribution in [3.8, 4) is 11.5 Å². The second-order valence-electron chi connectivity index (χ2n) is 4.04. The predicted octanol–water partition coefficient (Wildman–Crippen LogP) is -0.996. The van der Waals surface area contributed by atoms with E-state index in [0.29, 0.717) is 5.56 Å². The molecule has 110 valence electrons. The summed E-state index contributed by atoms with van der Waals surface area (Å²) >= 11 is 0. The molecule has 3 amide bonds. The number of nitrogens with one attached hydrogen (secondary N) is 2. The summed E-state index contributed by atoms with van der Waals surface area (Å²) in [6.07, 6.45) is 1.45. The largest absolute Gasteiger partial charge is 0.546 e. The van der Waals surface area contributed by atoms with E-state index < -0.39 is 24.5 Å². The molecular formula is C13H11N2O6-. The molecule has 1 fully saturated rings. The number of carbonyl (C=O) groups is 3. The van der Waals surface area contributed by atoms with Crippen molar-refractivity contribution in [2.45, 2.75) is 0 Å². The van der Waals surface area contributed by atoms with Crippen LogP contribution >= 0.6 is 0 Å². The van der Waals surface area contributed by atoms with Crippen LogP contribution in [-0.2, 0) is 9.59 Å². The third kappa shape index (κ3) is 3.50. The minimum Gasteiger partial charge on any atom is -0.546 e. The molecule has 2 N–H and O–H groups in total. The van der Waals surface area contributed by atoms with Crippen molar-refractivity contribution in [3.63, 3.8) is 0 Å². The molecule has 1 aromatic carbocycles. The van der Waals surface area contributed by atoms with Gasteiger partial charge in [-0.1, -0.05) is 6.07 Å². The van der Waals surface area contributed by atoms with Crippen LogP contribution < -0.4 is 25.2 Å². The highest BCUT2D eigenvalue weighted by Gasteiger charge is 2.22. The lowest BCUT2D eigenvalue weighted by atomic mass is 10.1. The molecule has 0 bridgehead atoms. The van der Waals surface area contributed by atoms with Gasteiger partial charge in [-0.25, -0.2) is 4.79 Å². The first kappa shape index (κ1) is 14.4. The fraction of sp³-hybridized carbons (Fsp3) is 0.154. The van der Waals surface area contributed by atoms with Gasteiger partial charge in [0.15, 0.2) is 11.5 Å². The quantitative estimate of drug-likeness (QED) is 0.531. The first-order chi connectivity index (χ1) is 9.99. The topological polar surface area (TPSA) is 117 Å². The number of ether oxygens (including phenoxy) is 2. The van der Waals surface area contributed by atoms with E-state index >= 15 is 0 Å². The van der Waals surface area contributed by atoms with Gasteiger partial charge in [-0.2, -0.15) is 0 Å². The van der Waals surface area contributed by atoms with Crippen molar-refractivity contribution in [3.05, 3.63) is 29.5 Å². The number of carboxylic acid groups (broad SMARTS) is 1. The first-order valence-corrected chi connectivity index (χ1v) is 5.84. The Hall–Kier alpha value is -3.03. The Bertz CT molecular complexity index is 638. The molecule has 0 spiro atoms. The van der Waals surface area contributed by atoms with E-state index in [1.807, 2.05) is 0 Å². The summed E-state index contributed by atoms with van der Waals surface area (Å²) in [5.41, 5.74) is 0.672. The molecule has 1 aliphatic heterocycles. The van der Waals surface area contributed by atoms with Gasteiger partial charge < -0.3 is 24.7 Å². The average molecular weight is 291 g/mol. The van der Waals surface area contributed by atoms with Crippen LogP contribution in [0.1, 0.15) is 5.56 Å². The van der Waals surface area contributed by atoms with Crippen molar-refractivity contribution in [1.82, 2.24) is 10.6 Å². The minimum atomic E-state index is -1.35. The lowest BCUT2D eigenvalue weighted by Gasteiger charge is -2.11. The molecule has 2 rings (SSSR count). The molecule has 0 aliphatic carbocycles. The zero-order valence-electron chi connectivity index (χ0n) is 11.0. The van der Waals surface area contributed by atoms with E-state index in [-0.39, 0.29) is 17.2 Å². The molecule has 1 saturated heterocycles. The van der Waals surface area contributed by atoms with Gasteiger partial charge in [0.2, 0.25) is 0 Å². The number of carbonyl (C=O) groups excluding carboxylic acids is 3. The number of methoxy groups -OCH3 is 1. The summed E-state index contributed by atoms with van der Waals surface area (Å²) in [6.45, 7) is -0.602. The van der Waals surface area contributed by atoms with Crippen molar-refractivity contribution >= 4 is 24.0 Å². The average Bonchev–Trinajstić information content (AvgIpc) is 2.75. The van der Waals surface area contributed by atoms with E-state index in [9.17, 15) is 19.5 Å². The summed E-state index contributed by atoms with van der Waals surface area (Å²) in [7, 11) is 1.39. The minimum absolute atomic E-state index is 0.102. The van der Waals surface area contributed by atoms with Crippen molar-refractivity contribution in [2.75, 3.05) is 13.7 Å². The summed E-state index contributed by atoms with van der Waals surface area (Å²) in [5.74, 6) is -1.37. The molecule has 1 aromatic rings. The third-order valence-electron chi connectivity index (χ3n) is 2.56. The van der Waals surface area contributed by atoms with Gasteiger partial charge in [0.05, 0.1) is 13.1 Å². The van der Waals surface area contributed by atoms with Crippen LogP contribution in [0.3, 0.4) is 0 Å². The Morgan fingerprint density at radius 2 is 2.05 bits per heavy atom. The lowest BCUT2D eigenvalue weighted by molar-refractivity contribution is -0.307. The molecule has 0 unspecified atom stereocenters. The number of benzene rings is 1. The summed E-state index contributed by atoms with van der Waals surface area (Å²) in [6, 6.07) is 4.02. The highest BCUT2D eigenvalue weighted by Crippen LogP contribution is 2.28. The number of hydrogen-bond acceptors (Lipinski definition) is 6. The fourth-order valence-electron chi connectivity index (χ4n) is 1.68. The Morgan fingerprint density at radius 3 is 2.62 bits per heavy atom. The van der Waals surface area contributed by atoms with Gasteiger partial charge in [-0.05, 0) is 23.8 Å². The standard InChI is InChI=1S/C13H12N2O6/c1-20-10-5-7(2-3-9(10)21-6-11(16)17)4-8-12(18)15-13(19)14-8/h2-5H,6H2,1H3,(H,16,17)(H2,14,15,18,19)/p-1/b8-4-. The highest BCUT2D eigenvalue weighted by molar-refractivity contribution is 6.14. The fourth-order valence-corrected chi connectivity index (χ4v) is 1.68. The second-order valence-corrected chi connectivity index (χ2v) is 4.04. The summed E-state index contributed by atoms with van der Waals surface area (Å²) < 4.78 is 10.1. The molecule has 8 nitrogen and oxygen atoms in total. The van der Waals surface area contributed by atoms with E-state index in [4.69, 9.17) is 9.47 Å². The molecule has 0 aromatic heterocycles. The van der Waals surface area contributed by atoms with Crippen LogP contribution in [0.2, 0.25) is 0 Å². The summed E-state index contributed by atoms with van der Waals surface area (Å²) in [5, 5.41) is 14.8. The molecule has 8 heteroatoms. The molecule has 21 heavy (non-hydrogen) atoms. The van der Waals surface area contributed by atoms with Gasteiger partial charge in [0.1, 0.15) is 12.3 Å². The number of hydrogen-bond donors (Lipinski definition) is 2. The molecule has 0 radical (unpaired) electrons. The van der Waals surface area contributed by atoms with Crippen LogP contribution in [0, 0.1) is 0 Å². The van der Waals surface area contributed by atoms with Crippen molar-refractivity contribution in [2.24, 2.45) is 0 Å². The maximum Gasteiger partial charge on any atom is 0.326 e. The third-order valence-corrected chi connectivity index (χ3v) is 2.56. The van der Waals surface area contributed by atoms with Crippen LogP contribution in [0.4, 0.5) is 4.79 Å². The SMILES string of the molecule is COc1cc(/C=C2\NC(=O)NC2=O)ccc1OCC(=O)[O-]. The number of urea groups is 1. The van der Waals surface area contributed by atoms with E-state index in [1.54, 1.807) is 6.07 Å². The molecule has 1 aliphatic rings. The number of aliphatic carboxylic acids is 1. The Morgan fingerprint density at radius 1 is 1.29 bits per heavy atom. The van der Waals surface area contributed by atoms with Crippen molar-refractivity contribution < 1.29 is 29.0 Å². The van der Waals surface area contributed by atoms with Crippen LogP contribution in [0.15, 0.2) is 23.9 Å². The van der Waals surface area contributed by atoms with Crippen LogP contribution in [0.5, 0.6) is 11.5 Å². The maximum atomic E-state index is 11.4. The van der Waals surface area contributed by atoms with Crippen LogP contribution in [-0.4, -0.2) is 31.6 Å². The Kier molecular flexibility index (Phi) is 4.07. The summed E-state index contributed by atoms with van der Waals surface area (Å²) in [4.78, 5) is 32.8. The number of imide groups is 1. The Labute approximate surface area is 119 Å². The van der Waals surface area contributed by atoms with Gasteiger partial charge in [0.25, 0.3) is 5.91 Å². The highest BCUT2D eigenvalue weighted by atomic mass is 16.5. The second kappa shape index (κ2) is 5.95. The maximum absolute atomic E-state index is 11.4.